The van der Waals surface area contributed by atoms with Crippen LogP contribution in [0.5, 0.6) is 11.5 Å². The molecule has 1 aliphatic heterocycles. The van der Waals surface area contributed by atoms with E-state index in [0.29, 0.717) is 6.79 Å². The molecule has 2 aliphatic rings. The number of nitrogens with one attached hydrogen (secondary N) is 2. The van der Waals surface area contributed by atoms with E-state index in [0.717, 1.165) is 49.6 Å². The average molecular weight is 488 g/mol. The standard InChI is InChI=1S/C20H32N4O2.HI/c1-21-20(23-12-13-24(2)17-6-4-3-5-7-17)22-11-10-16-8-9-18-19(14-16)26-15-25-18;/h8-9,14,17H,3-7,10-13,15H2,1-2H3,(H2,21,22,23);1H. The van der Waals surface area contributed by atoms with E-state index in [9.17, 15) is 0 Å². The van der Waals surface area contributed by atoms with Crippen LogP contribution in [0.1, 0.15) is 37.7 Å². The van der Waals surface area contributed by atoms with Crippen LogP contribution in [0, 0.1) is 0 Å². The number of nitrogens with zero attached hydrogens (tertiary/aromatic N) is 2. The summed E-state index contributed by atoms with van der Waals surface area (Å²) >= 11 is 0. The fourth-order valence-corrected chi connectivity index (χ4v) is 3.70. The van der Waals surface area contributed by atoms with Crippen LogP contribution in [0.2, 0.25) is 0 Å². The Bertz CT molecular complexity index is 606. The van der Waals surface area contributed by atoms with Gasteiger partial charge in [0.2, 0.25) is 6.79 Å². The minimum absolute atomic E-state index is 0. The van der Waals surface area contributed by atoms with Crippen molar-refractivity contribution in [1.29, 1.82) is 0 Å². The van der Waals surface area contributed by atoms with Crippen molar-refractivity contribution >= 4 is 29.9 Å². The Kier molecular flexibility index (Phi) is 9.47. The summed E-state index contributed by atoms with van der Waals surface area (Å²) in [6.07, 6.45) is 7.77. The van der Waals surface area contributed by atoms with Crippen molar-refractivity contribution in [2.24, 2.45) is 4.99 Å². The predicted octanol–water partition coefficient (Wildman–Crippen LogP) is 3.01. The molecule has 3 rings (SSSR count). The number of hydrogen-bond donors (Lipinski definition) is 2. The van der Waals surface area contributed by atoms with Gasteiger partial charge in [0.25, 0.3) is 0 Å². The van der Waals surface area contributed by atoms with Gasteiger partial charge in [-0.15, -0.1) is 24.0 Å². The van der Waals surface area contributed by atoms with Gasteiger partial charge in [-0.25, -0.2) is 0 Å². The number of fused-ring (bicyclic) bond motifs is 1. The summed E-state index contributed by atoms with van der Waals surface area (Å²) in [5.74, 6) is 2.54. The SMILES string of the molecule is CN=C(NCCc1ccc2c(c1)OCO2)NCCN(C)C1CCCCC1.I. The molecule has 1 aromatic carbocycles. The molecule has 0 bridgehead atoms. The molecule has 1 aromatic rings. The number of rotatable bonds is 7. The quantitative estimate of drug-likeness (QED) is 0.351. The molecule has 2 N–H and O–H groups in total. The van der Waals surface area contributed by atoms with Gasteiger partial charge in [0.1, 0.15) is 0 Å². The Morgan fingerprint density at radius 2 is 1.85 bits per heavy atom. The summed E-state index contributed by atoms with van der Waals surface area (Å²) in [6, 6.07) is 6.88. The number of guanidine groups is 1. The molecule has 1 fully saturated rings. The first-order chi connectivity index (χ1) is 12.8. The third kappa shape index (κ3) is 6.71. The minimum Gasteiger partial charge on any atom is -0.454 e. The van der Waals surface area contributed by atoms with Gasteiger partial charge in [-0.3, -0.25) is 4.99 Å². The van der Waals surface area contributed by atoms with Crippen LogP contribution in [0.15, 0.2) is 23.2 Å². The molecule has 0 aromatic heterocycles. The highest BCUT2D eigenvalue weighted by atomic mass is 127. The number of benzene rings is 1. The van der Waals surface area contributed by atoms with Gasteiger partial charge in [0.05, 0.1) is 0 Å². The summed E-state index contributed by atoms with van der Waals surface area (Å²) in [5.41, 5.74) is 1.23. The van der Waals surface area contributed by atoms with Gasteiger partial charge < -0.3 is 25.0 Å². The van der Waals surface area contributed by atoms with Crippen molar-refractivity contribution in [2.75, 3.05) is 40.5 Å². The molecular weight excluding hydrogens is 455 g/mol. The Balaban J connectivity index is 0.00000261. The molecule has 6 nitrogen and oxygen atoms in total. The van der Waals surface area contributed by atoms with Gasteiger partial charge in [0, 0.05) is 32.7 Å². The maximum Gasteiger partial charge on any atom is 0.231 e. The molecule has 152 valence electrons. The van der Waals surface area contributed by atoms with Crippen LogP contribution >= 0.6 is 24.0 Å². The molecule has 1 aliphatic carbocycles. The lowest BCUT2D eigenvalue weighted by Crippen LogP contribution is -2.43. The molecule has 0 spiro atoms. The highest BCUT2D eigenvalue weighted by Crippen LogP contribution is 2.32. The van der Waals surface area contributed by atoms with Gasteiger partial charge in [-0.1, -0.05) is 25.3 Å². The van der Waals surface area contributed by atoms with E-state index >= 15 is 0 Å². The van der Waals surface area contributed by atoms with E-state index < -0.39 is 0 Å². The molecule has 1 saturated carbocycles. The van der Waals surface area contributed by atoms with Crippen molar-refractivity contribution in [3.63, 3.8) is 0 Å². The Morgan fingerprint density at radius 3 is 2.63 bits per heavy atom. The molecule has 0 unspecified atom stereocenters. The first kappa shape index (κ1) is 22.1. The number of hydrogen-bond acceptors (Lipinski definition) is 4. The summed E-state index contributed by atoms with van der Waals surface area (Å²) in [7, 11) is 4.06. The summed E-state index contributed by atoms with van der Waals surface area (Å²) in [6.45, 7) is 3.12. The summed E-state index contributed by atoms with van der Waals surface area (Å²) in [5, 5.41) is 6.81. The first-order valence-electron chi connectivity index (χ1n) is 9.79. The van der Waals surface area contributed by atoms with E-state index in [1.54, 1.807) is 0 Å². The highest BCUT2D eigenvalue weighted by molar-refractivity contribution is 14.0. The molecule has 0 atom stereocenters. The number of aliphatic imine (C=N–C) groups is 1. The second-order valence-electron chi connectivity index (χ2n) is 7.14. The molecular formula is C20H33IN4O2. The molecule has 0 radical (unpaired) electrons. The molecule has 0 amide bonds. The lowest BCUT2D eigenvalue weighted by atomic mass is 9.94. The van der Waals surface area contributed by atoms with E-state index in [1.165, 1.54) is 37.7 Å². The van der Waals surface area contributed by atoms with Gasteiger partial charge in [0.15, 0.2) is 17.5 Å². The molecule has 27 heavy (non-hydrogen) atoms. The Hall–Kier alpha value is -1.22. The summed E-state index contributed by atoms with van der Waals surface area (Å²) < 4.78 is 10.8. The van der Waals surface area contributed by atoms with Crippen LogP contribution in [0.25, 0.3) is 0 Å². The zero-order chi connectivity index (χ0) is 18.2. The normalized spacial score (nSPS) is 16.9. The van der Waals surface area contributed by atoms with Crippen LogP contribution in [-0.2, 0) is 6.42 Å². The number of likely N-dealkylation sites (N-methyl/N-ethyl adjacent to an activating group) is 1. The molecule has 1 heterocycles. The van der Waals surface area contributed by atoms with Crippen LogP contribution in [-0.4, -0.2) is 57.4 Å². The van der Waals surface area contributed by atoms with Crippen molar-refractivity contribution < 1.29 is 9.47 Å². The highest BCUT2D eigenvalue weighted by Gasteiger charge is 2.17. The van der Waals surface area contributed by atoms with Crippen molar-refractivity contribution in [2.45, 2.75) is 44.6 Å². The van der Waals surface area contributed by atoms with Gasteiger partial charge >= 0.3 is 0 Å². The van der Waals surface area contributed by atoms with Crippen LogP contribution in [0.3, 0.4) is 0 Å². The van der Waals surface area contributed by atoms with E-state index in [2.05, 4.69) is 39.7 Å². The first-order valence-corrected chi connectivity index (χ1v) is 9.79. The Labute approximate surface area is 180 Å². The van der Waals surface area contributed by atoms with Crippen molar-refractivity contribution in [3.05, 3.63) is 23.8 Å². The fraction of sp³-hybridized carbons (Fsp3) is 0.650. The summed E-state index contributed by atoms with van der Waals surface area (Å²) in [4.78, 5) is 6.81. The maximum absolute atomic E-state index is 5.43. The van der Waals surface area contributed by atoms with Gasteiger partial charge in [-0.05, 0) is 44.0 Å². The van der Waals surface area contributed by atoms with Crippen molar-refractivity contribution in [3.8, 4) is 11.5 Å². The van der Waals surface area contributed by atoms with E-state index in [-0.39, 0.29) is 24.0 Å². The number of halogens is 1. The van der Waals surface area contributed by atoms with E-state index in [4.69, 9.17) is 9.47 Å². The second-order valence-corrected chi connectivity index (χ2v) is 7.14. The zero-order valence-electron chi connectivity index (χ0n) is 16.5. The number of ether oxygens (including phenoxy) is 2. The lowest BCUT2D eigenvalue weighted by molar-refractivity contribution is 0.174. The monoisotopic (exact) mass is 488 g/mol. The molecule has 7 heteroatoms. The maximum atomic E-state index is 5.43. The van der Waals surface area contributed by atoms with Crippen LogP contribution in [0.4, 0.5) is 0 Å². The predicted molar refractivity (Wildman–Crippen MR) is 121 cm³/mol. The zero-order valence-corrected chi connectivity index (χ0v) is 18.8. The average Bonchev–Trinajstić information content (AvgIpc) is 3.15. The second kappa shape index (κ2) is 11.6. The minimum atomic E-state index is 0. The largest absolute Gasteiger partial charge is 0.454 e. The van der Waals surface area contributed by atoms with E-state index in [1.807, 2.05) is 13.1 Å². The van der Waals surface area contributed by atoms with Gasteiger partial charge in [-0.2, -0.15) is 0 Å². The third-order valence-corrected chi connectivity index (χ3v) is 5.32. The van der Waals surface area contributed by atoms with Crippen molar-refractivity contribution in [1.82, 2.24) is 15.5 Å². The molecule has 0 saturated heterocycles. The topological polar surface area (TPSA) is 58.1 Å². The smallest absolute Gasteiger partial charge is 0.231 e. The fourth-order valence-electron chi connectivity index (χ4n) is 3.70. The lowest BCUT2D eigenvalue weighted by Gasteiger charge is -2.31. The van der Waals surface area contributed by atoms with Crippen LogP contribution < -0.4 is 20.1 Å². The Morgan fingerprint density at radius 1 is 1.11 bits per heavy atom. The third-order valence-electron chi connectivity index (χ3n) is 5.32.